The Kier molecular flexibility index (Phi) is 8.56. The molecule has 4 nitrogen and oxygen atoms in total. The second kappa shape index (κ2) is 10.1. The van der Waals surface area contributed by atoms with E-state index in [1.165, 1.54) is 6.07 Å². The van der Waals surface area contributed by atoms with Crippen LogP contribution in [-0.4, -0.2) is 36.9 Å². The fourth-order valence-electron chi connectivity index (χ4n) is 1.95. The minimum Gasteiger partial charge on any atom is -0.435 e. The number of halogens is 3. The first kappa shape index (κ1) is 21.9. The van der Waals surface area contributed by atoms with E-state index in [1.807, 2.05) is 25.7 Å². The number of rotatable bonds is 8. The molecule has 142 valence electrons. The van der Waals surface area contributed by atoms with Gasteiger partial charge in [0.25, 0.3) is 0 Å². The Morgan fingerprint density at radius 3 is 2.65 bits per heavy atom. The Morgan fingerprint density at radius 2 is 2.12 bits per heavy atom. The van der Waals surface area contributed by atoms with Crippen molar-refractivity contribution in [1.29, 1.82) is 0 Å². The summed E-state index contributed by atoms with van der Waals surface area (Å²) >= 11 is 6.06. The van der Waals surface area contributed by atoms with Crippen LogP contribution in [-0.2, 0) is 11.3 Å². The largest absolute Gasteiger partial charge is 0.435 e. The maximum absolute atomic E-state index is 12.4. The van der Waals surface area contributed by atoms with E-state index in [1.54, 1.807) is 25.3 Å². The second-order valence-electron chi connectivity index (χ2n) is 5.90. The molecule has 0 radical (unpaired) electrons. The van der Waals surface area contributed by atoms with Crippen LogP contribution in [0.4, 0.5) is 8.78 Å². The van der Waals surface area contributed by atoms with Gasteiger partial charge in [0, 0.05) is 19.4 Å². The summed E-state index contributed by atoms with van der Waals surface area (Å²) in [5.74, 6) is 6.02. The van der Waals surface area contributed by atoms with Gasteiger partial charge in [0.2, 0.25) is 0 Å². The highest BCUT2D eigenvalue weighted by Crippen LogP contribution is 2.20. The van der Waals surface area contributed by atoms with Crippen molar-refractivity contribution in [1.82, 2.24) is 4.90 Å². The van der Waals surface area contributed by atoms with Crippen molar-refractivity contribution < 1.29 is 18.3 Å². The molecule has 0 saturated heterocycles. The first-order valence-corrected chi connectivity index (χ1v) is 8.36. The van der Waals surface area contributed by atoms with Crippen LogP contribution >= 0.6 is 11.6 Å². The highest BCUT2D eigenvalue weighted by Gasteiger charge is 2.13. The predicted molar refractivity (Wildman–Crippen MR) is 100 cm³/mol. The third-order valence-electron chi connectivity index (χ3n) is 3.61. The molecule has 0 unspecified atom stereocenters. The topological polar surface area (TPSA) is 34.1 Å². The highest BCUT2D eigenvalue weighted by atomic mass is 35.5. The predicted octanol–water partition coefficient (Wildman–Crippen LogP) is 4.65. The number of alkyl halides is 3. The molecule has 0 atom stereocenters. The van der Waals surface area contributed by atoms with E-state index in [0.717, 1.165) is 11.3 Å². The summed E-state index contributed by atoms with van der Waals surface area (Å²) in [5, 5.41) is 0. The molecule has 0 bridgehead atoms. The minimum atomic E-state index is -2.87. The van der Waals surface area contributed by atoms with Crippen LogP contribution in [0, 0.1) is 11.8 Å². The Morgan fingerprint density at radius 1 is 1.42 bits per heavy atom. The quantitative estimate of drug-likeness (QED) is 0.283. The summed E-state index contributed by atoms with van der Waals surface area (Å²) in [5.41, 5.74) is 1.32. The second-order valence-corrected chi connectivity index (χ2v) is 6.14. The Balaban J connectivity index is 3.07. The number of benzene rings is 1. The Labute approximate surface area is 158 Å². The van der Waals surface area contributed by atoms with E-state index >= 15 is 0 Å². The molecule has 1 aromatic rings. The molecule has 0 aliphatic carbocycles. The van der Waals surface area contributed by atoms with E-state index in [4.69, 9.17) is 16.3 Å². The molecular weight excluding hydrogens is 362 g/mol. The van der Waals surface area contributed by atoms with Crippen molar-refractivity contribution in [2.75, 3.05) is 13.1 Å². The normalized spacial score (nSPS) is 12.2. The van der Waals surface area contributed by atoms with Crippen LogP contribution in [0.3, 0.4) is 0 Å². The van der Waals surface area contributed by atoms with E-state index in [2.05, 4.69) is 28.3 Å². The smallest absolute Gasteiger partial charge is 0.387 e. The van der Waals surface area contributed by atoms with Gasteiger partial charge in [-0.25, -0.2) is 0 Å². The minimum absolute atomic E-state index is 0.0948. The summed E-state index contributed by atoms with van der Waals surface area (Å²) < 4.78 is 34.4. The molecule has 7 heteroatoms. The lowest BCUT2D eigenvalue weighted by Gasteiger charge is -2.23. The first-order valence-electron chi connectivity index (χ1n) is 7.83. The van der Waals surface area contributed by atoms with Crippen LogP contribution in [0.5, 0.6) is 5.75 Å². The van der Waals surface area contributed by atoms with E-state index < -0.39 is 12.2 Å². The number of ether oxygens (including phenoxy) is 2. The number of allylic oxidation sites excluding steroid dienone is 2. The van der Waals surface area contributed by atoms with Crippen molar-refractivity contribution >= 4 is 18.3 Å². The molecule has 0 N–H and O–H groups in total. The molecule has 0 aliphatic heterocycles. The van der Waals surface area contributed by atoms with Gasteiger partial charge < -0.3 is 14.4 Å². The van der Waals surface area contributed by atoms with E-state index in [0.29, 0.717) is 12.2 Å². The van der Waals surface area contributed by atoms with Crippen LogP contribution in [0.15, 0.2) is 40.7 Å². The molecule has 0 heterocycles. The van der Waals surface area contributed by atoms with Crippen molar-refractivity contribution in [2.24, 2.45) is 4.99 Å². The number of aliphatic imine (C=N–C) groups is 1. The number of hydrogen-bond acceptors (Lipinski definition) is 4. The zero-order chi connectivity index (χ0) is 19.7. The molecule has 0 aliphatic rings. The zero-order valence-electron chi connectivity index (χ0n) is 15.4. The van der Waals surface area contributed by atoms with Crippen molar-refractivity contribution in [3.8, 4) is 17.6 Å². The standard InChI is InChI=1S/C19H23ClF2N2O2/c1-14(17(23-4)9-10-19(2,3)25-5)24(13-20)12-15-7-6-8-16(11-15)26-18(21)22/h6-8,11,18H,4,12-13H2,1-3,5H3/b17-14-. The maximum atomic E-state index is 12.4. The van der Waals surface area contributed by atoms with Gasteiger partial charge >= 0.3 is 6.61 Å². The molecule has 0 saturated carbocycles. The monoisotopic (exact) mass is 384 g/mol. The summed E-state index contributed by atoms with van der Waals surface area (Å²) in [6, 6.07) is 6.62. The van der Waals surface area contributed by atoms with Crippen molar-refractivity contribution in [3.63, 3.8) is 0 Å². The molecule has 0 fully saturated rings. The van der Waals surface area contributed by atoms with Gasteiger partial charge in [0.05, 0.1) is 6.00 Å². The first-order chi connectivity index (χ1) is 12.2. The summed E-state index contributed by atoms with van der Waals surface area (Å²) in [4.78, 5) is 5.78. The third kappa shape index (κ3) is 7.03. The van der Waals surface area contributed by atoms with Gasteiger partial charge in [-0.05, 0) is 51.1 Å². The average molecular weight is 385 g/mol. The maximum Gasteiger partial charge on any atom is 0.387 e. The lowest BCUT2D eigenvalue weighted by molar-refractivity contribution is -0.0499. The molecule has 26 heavy (non-hydrogen) atoms. The Bertz CT molecular complexity index is 709. The van der Waals surface area contributed by atoms with Crippen LogP contribution in [0.25, 0.3) is 0 Å². The number of nitrogens with zero attached hydrogens (tertiary/aromatic N) is 2. The van der Waals surface area contributed by atoms with Gasteiger partial charge in [-0.15, -0.1) is 11.6 Å². The lowest BCUT2D eigenvalue weighted by atomic mass is 10.1. The van der Waals surface area contributed by atoms with Crippen molar-refractivity contribution in [2.45, 2.75) is 39.5 Å². The fraction of sp³-hybridized carbons (Fsp3) is 0.421. The summed E-state index contributed by atoms with van der Waals surface area (Å²) in [7, 11) is 1.58. The lowest BCUT2D eigenvalue weighted by Crippen LogP contribution is -2.21. The molecule has 1 rings (SSSR count). The number of methoxy groups -OCH3 is 1. The van der Waals surface area contributed by atoms with Gasteiger partial charge in [0.15, 0.2) is 0 Å². The molecule has 0 spiro atoms. The molecular formula is C19H23ClF2N2O2. The SMILES string of the molecule is C=N/C(C#CC(C)(C)OC)=C(/C)N(CCl)Cc1cccc(OC(F)F)c1. The summed E-state index contributed by atoms with van der Waals surface area (Å²) in [6.45, 7) is 6.56. The van der Waals surface area contributed by atoms with Crippen LogP contribution in [0.1, 0.15) is 26.3 Å². The van der Waals surface area contributed by atoms with Crippen LogP contribution < -0.4 is 4.74 Å². The van der Waals surface area contributed by atoms with Gasteiger partial charge in [-0.1, -0.05) is 18.1 Å². The molecule has 0 aromatic heterocycles. The third-order valence-corrected chi connectivity index (χ3v) is 3.90. The molecule has 1 aromatic carbocycles. The van der Waals surface area contributed by atoms with Gasteiger partial charge in [0.1, 0.15) is 17.0 Å². The summed E-state index contributed by atoms with van der Waals surface area (Å²) in [6.07, 6.45) is 0. The average Bonchev–Trinajstić information content (AvgIpc) is 2.59. The fourth-order valence-corrected chi connectivity index (χ4v) is 2.21. The van der Waals surface area contributed by atoms with E-state index in [9.17, 15) is 8.78 Å². The van der Waals surface area contributed by atoms with Gasteiger partial charge in [-0.3, -0.25) is 4.99 Å². The Hall–Kier alpha value is -2.10. The van der Waals surface area contributed by atoms with Crippen molar-refractivity contribution in [3.05, 3.63) is 41.2 Å². The highest BCUT2D eigenvalue weighted by molar-refractivity contribution is 6.17. The van der Waals surface area contributed by atoms with Gasteiger partial charge in [-0.2, -0.15) is 8.78 Å². The zero-order valence-corrected chi connectivity index (χ0v) is 16.1. The van der Waals surface area contributed by atoms with E-state index in [-0.39, 0.29) is 11.8 Å². The van der Waals surface area contributed by atoms with Crippen LogP contribution in [0.2, 0.25) is 0 Å². The molecule has 0 amide bonds. The number of hydrogen-bond donors (Lipinski definition) is 0.